The molecule has 0 spiro atoms. The summed E-state index contributed by atoms with van der Waals surface area (Å²) >= 11 is 0. The predicted octanol–water partition coefficient (Wildman–Crippen LogP) is 2.26. The van der Waals surface area contributed by atoms with E-state index in [9.17, 15) is 0 Å². The number of rotatable bonds is 4. The van der Waals surface area contributed by atoms with Crippen LogP contribution in [0.25, 0.3) is 5.82 Å². The van der Waals surface area contributed by atoms with Gasteiger partial charge in [-0.2, -0.15) is 5.10 Å². The minimum Gasteiger partial charge on any atom is -0.310 e. The number of aryl methyl sites for hydroxylation is 2. The lowest BCUT2D eigenvalue weighted by molar-refractivity contribution is 0.594. The Morgan fingerprint density at radius 1 is 1.26 bits per heavy atom. The topological polar surface area (TPSA) is 55.6 Å². The van der Waals surface area contributed by atoms with Crippen LogP contribution in [-0.2, 0) is 0 Å². The van der Waals surface area contributed by atoms with Crippen LogP contribution in [0.4, 0.5) is 0 Å². The lowest BCUT2D eigenvalue weighted by Crippen LogP contribution is -2.18. The molecule has 102 valence electrons. The standard InChI is InChI=1S/C14H21N5/c1-6-15-10(3)13-8-16-19(11(13)4)14-7-9(2)17-12(5)18-14/h7-8,10,15H,6H2,1-5H3. The first kappa shape index (κ1) is 13.7. The fraction of sp³-hybridized carbons (Fsp3) is 0.500. The Bertz CT molecular complexity index is 553. The molecule has 2 aromatic heterocycles. The van der Waals surface area contributed by atoms with E-state index in [4.69, 9.17) is 0 Å². The second-order valence-electron chi connectivity index (χ2n) is 4.79. The number of aromatic nitrogens is 4. The maximum atomic E-state index is 4.46. The Labute approximate surface area is 114 Å². The highest BCUT2D eigenvalue weighted by Gasteiger charge is 2.14. The summed E-state index contributed by atoms with van der Waals surface area (Å²) in [5, 5.41) is 7.86. The van der Waals surface area contributed by atoms with Crippen molar-refractivity contribution in [3.63, 3.8) is 0 Å². The molecule has 0 bridgehead atoms. The Hall–Kier alpha value is -1.75. The Kier molecular flexibility index (Phi) is 3.95. The van der Waals surface area contributed by atoms with Gasteiger partial charge in [0.1, 0.15) is 5.82 Å². The maximum Gasteiger partial charge on any atom is 0.157 e. The molecule has 0 amide bonds. The van der Waals surface area contributed by atoms with Gasteiger partial charge in [-0.3, -0.25) is 0 Å². The molecule has 1 unspecified atom stereocenters. The molecule has 1 N–H and O–H groups in total. The lowest BCUT2D eigenvalue weighted by atomic mass is 10.1. The first-order valence-electron chi connectivity index (χ1n) is 6.63. The third-order valence-corrected chi connectivity index (χ3v) is 3.19. The molecule has 0 aliphatic rings. The fourth-order valence-electron chi connectivity index (χ4n) is 2.30. The van der Waals surface area contributed by atoms with E-state index >= 15 is 0 Å². The molecule has 2 rings (SSSR count). The first-order chi connectivity index (χ1) is 9.02. The zero-order valence-electron chi connectivity index (χ0n) is 12.2. The molecule has 5 nitrogen and oxygen atoms in total. The molecule has 0 aliphatic carbocycles. The zero-order valence-corrected chi connectivity index (χ0v) is 12.2. The molecule has 5 heteroatoms. The van der Waals surface area contributed by atoms with Gasteiger partial charge in [-0.05, 0) is 34.2 Å². The van der Waals surface area contributed by atoms with Gasteiger partial charge in [-0.1, -0.05) is 6.92 Å². The van der Waals surface area contributed by atoms with Crippen LogP contribution in [0.2, 0.25) is 0 Å². The van der Waals surface area contributed by atoms with Crippen LogP contribution in [0.15, 0.2) is 12.3 Å². The summed E-state index contributed by atoms with van der Waals surface area (Å²) in [7, 11) is 0. The van der Waals surface area contributed by atoms with Crippen LogP contribution in [0.1, 0.15) is 42.7 Å². The van der Waals surface area contributed by atoms with Gasteiger partial charge in [0.15, 0.2) is 5.82 Å². The van der Waals surface area contributed by atoms with Crippen molar-refractivity contribution in [2.24, 2.45) is 0 Å². The van der Waals surface area contributed by atoms with E-state index in [1.807, 2.05) is 30.8 Å². The van der Waals surface area contributed by atoms with Gasteiger partial charge < -0.3 is 5.32 Å². The zero-order chi connectivity index (χ0) is 14.0. The molecule has 0 aromatic carbocycles. The van der Waals surface area contributed by atoms with E-state index in [0.717, 1.165) is 29.6 Å². The highest BCUT2D eigenvalue weighted by atomic mass is 15.3. The van der Waals surface area contributed by atoms with Gasteiger partial charge in [0, 0.05) is 29.1 Å². The average molecular weight is 259 g/mol. The van der Waals surface area contributed by atoms with Gasteiger partial charge in [0.25, 0.3) is 0 Å². The fourth-order valence-corrected chi connectivity index (χ4v) is 2.30. The molecule has 0 fully saturated rings. The summed E-state index contributed by atoms with van der Waals surface area (Å²) in [5.41, 5.74) is 3.28. The molecule has 2 heterocycles. The number of nitrogens with one attached hydrogen (secondary N) is 1. The molecular formula is C14H21N5. The van der Waals surface area contributed by atoms with Crippen LogP contribution in [0, 0.1) is 20.8 Å². The van der Waals surface area contributed by atoms with E-state index in [0.29, 0.717) is 6.04 Å². The highest BCUT2D eigenvalue weighted by Crippen LogP contribution is 2.19. The summed E-state index contributed by atoms with van der Waals surface area (Å²) in [6.45, 7) is 11.1. The maximum absolute atomic E-state index is 4.46. The summed E-state index contributed by atoms with van der Waals surface area (Å²) in [5.74, 6) is 1.60. The second kappa shape index (κ2) is 5.48. The molecule has 0 saturated heterocycles. The summed E-state index contributed by atoms with van der Waals surface area (Å²) in [6, 6.07) is 2.25. The van der Waals surface area contributed by atoms with Gasteiger partial charge in [0.2, 0.25) is 0 Å². The molecule has 1 atom stereocenters. The van der Waals surface area contributed by atoms with E-state index in [2.05, 4.69) is 41.2 Å². The largest absolute Gasteiger partial charge is 0.310 e. The van der Waals surface area contributed by atoms with E-state index < -0.39 is 0 Å². The van der Waals surface area contributed by atoms with Gasteiger partial charge >= 0.3 is 0 Å². The minimum atomic E-state index is 0.294. The van der Waals surface area contributed by atoms with Crippen molar-refractivity contribution in [1.29, 1.82) is 0 Å². The molecule has 0 aliphatic heterocycles. The lowest BCUT2D eigenvalue weighted by Gasteiger charge is -2.12. The molecule has 0 radical (unpaired) electrons. The van der Waals surface area contributed by atoms with Crippen molar-refractivity contribution in [3.8, 4) is 5.82 Å². The number of nitrogens with zero attached hydrogens (tertiary/aromatic N) is 4. The van der Waals surface area contributed by atoms with Crippen molar-refractivity contribution < 1.29 is 0 Å². The molecular weight excluding hydrogens is 238 g/mol. The summed E-state index contributed by atoms with van der Waals surface area (Å²) in [6.07, 6.45) is 1.91. The summed E-state index contributed by atoms with van der Waals surface area (Å²) in [4.78, 5) is 8.75. The van der Waals surface area contributed by atoms with Gasteiger partial charge in [0.05, 0.1) is 6.20 Å². The van der Waals surface area contributed by atoms with Crippen LogP contribution in [0.5, 0.6) is 0 Å². The number of hydrogen-bond donors (Lipinski definition) is 1. The molecule has 0 saturated carbocycles. The molecule has 2 aromatic rings. The van der Waals surface area contributed by atoms with Crippen molar-refractivity contribution >= 4 is 0 Å². The van der Waals surface area contributed by atoms with Crippen molar-refractivity contribution in [3.05, 3.63) is 35.0 Å². The monoisotopic (exact) mass is 259 g/mol. The third kappa shape index (κ3) is 2.81. The van der Waals surface area contributed by atoms with Gasteiger partial charge in [-0.25, -0.2) is 14.6 Å². The first-order valence-corrected chi connectivity index (χ1v) is 6.63. The minimum absolute atomic E-state index is 0.294. The van der Waals surface area contributed by atoms with E-state index in [-0.39, 0.29) is 0 Å². The Balaban J connectivity index is 2.41. The van der Waals surface area contributed by atoms with Crippen LogP contribution >= 0.6 is 0 Å². The van der Waals surface area contributed by atoms with Crippen molar-refractivity contribution in [2.75, 3.05) is 6.54 Å². The number of hydrogen-bond acceptors (Lipinski definition) is 4. The van der Waals surface area contributed by atoms with E-state index in [1.165, 1.54) is 5.56 Å². The smallest absolute Gasteiger partial charge is 0.157 e. The van der Waals surface area contributed by atoms with Crippen molar-refractivity contribution in [2.45, 2.75) is 40.7 Å². The SMILES string of the molecule is CCNC(C)c1cnn(-c2cc(C)nc(C)n2)c1C. The average Bonchev–Trinajstić information content (AvgIpc) is 2.70. The van der Waals surface area contributed by atoms with Crippen LogP contribution < -0.4 is 5.32 Å². The van der Waals surface area contributed by atoms with Gasteiger partial charge in [-0.15, -0.1) is 0 Å². The second-order valence-corrected chi connectivity index (χ2v) is 4.79. The Morgan fingerprint density at radius 2 is 2.00 bits per heavy atom. The van der Waals surface area contributed by atoms with E-state index in [1.54, 1.807) is 0 Å². The Morgan fingerprint density at radius 3 is 2.63 bits per heavy atom. The third-order valence-electron chi connectivity index (χ3n) is 3.19. The van der Waals surface area contributed by atoms with Crippen molar-refractivity contribution in [1.82, 2.24) is 25.1 Å². The quantitative estimate of drug-likeness (QED) is 0.915. The molecule has 19 heavy (non-hydrogen) atoms. The highest BCUT2D eigenvalue weighted by molar-refractivity contribution is 5.31. The summed E-state index contributed by atoms with van der Waals surface area (Å²) < 4.78 is 1.88. The van der Waals surface area contributed by atoms with Crippen LogP contribution in [-0.4, -0.2) is 26.3 Å². The predicted molar refractivity (Wildman–Crippen MR) is 75.5 cm³/mol. The van der Waals surface area contributed by atoms with Crippen LogP contribution in [0.3, 0.4) is 0 Å². The normalized spacial score (nSPS) is 12.7.